The van der Waals surface area contributed by atoms with Crippen LogP contribution in [0.2, 0.25) is 0 Å². The van der Waals surface area contributed by atoms with E-state index in [2.05, 4.69) is 18.8 Å². The maximum Gasteiger partial charge on any atom is 0.244 e. The van der Waals surface area contributed by atoms with Crippen molar-refractivity contribution in [1.29, 1.82) is 0 Å². The second-order valence-electron chi connectivity index (χ2n) is 6.62. The van der Waals surface area contributed by atoms with Gasteiger partial charge in [-0.1, -0.05) is 67.9 Å². The van der Waals surface area contributed by atoms with Gasteiger partial charge < -0.3 is 0 Å². The number of piperidine rings is 1. The molecule has 0 unspecified atom stereocenters. The lowest BCUT2D eigenvalue weighted by Crippen LogP contribution is -2.35. The average Bonchev–Trinajstić information content (AvgIpc) is 2.63. The van der Waals surface area contributed by atoms with Gasteiger partial charge in [-0.25, -0.2) is 8.42 Å². The summed E-state index contributed by atoms with van der Waals surface area (Å²) in [5.74, 6) is 6.08. The molecule has 1 heterocycles. The van der Waals surface area contributed by atoms with Gasteiger partial charge in [0.25, 0.3) is 0 Å². The molecule has 0 saturated carbocycles. The lowest BCUT2D eigenvalue weighted by molar-refractivity contribution is 0.351. The van der Waals surface area contributed by atoms with E-state index < -0.39 is 10.0 Å². The van der Waals surface area contributed by atoms with E-state index in [0.29, 0.717) is 18.0 Å². The van der Waals surface area contributed by atoms with Gasteiger partial charge in [0, 0.05) is 25.6 Å². The smallest absolute Gasteiger partial charge is 0.207 e. The molecule has 1 aliphatic rings. The standard InChI is InChI=1S/C21H29NO2S/c1-3-4-5-6-7-9-12-21(20-15-13-19(2)14-16-20)25(23,24)22-17-10-8-11-18-22/h12-16H,3-6,8,10-11,17-18H2,1-2H3/b21-12+. The van der Waals surface area contributed by atoms with E-state index in [1.165, 1.54) is 0 Å². The van der Waals surface area contributed by atoms with E-state index in [-0.39, 0.29) is 0 Å². The fourth-order valence-electron chi connectivity index (χ4n) is 2.92. The molecule has 0 N–H and O–H groups in total. The Balaban J connectivity index is 2.29. The number of sulfonamides is 1. The predicted molar refractivity (Wildman–Crippen MR) is 105 cm³/mol. The lowest BCUT2D eigenvalue weighted by atomic mass is 10.1. The highest BCUT2D eigenvalue weighted by Gasteiger charge is 2.28. The van der Waals surface area contributed by atoms with Crippen molar-refractivity contribution in [3.8, 4) is 11.8 Å². The molecule has 0 spiro atoms. The summed E-state index contributed by atoms with van der Waals surface area (Å²) in [4.78, 5) is 0.331. The number of unbranched alkanes of at least 4 members (excludes halogenated alkanes) is 3. The molecule has 2 rings (SSSR count). The zero-order valence-corrected chi connectivity index (χ0v) is 16.2. The van der Waals surface area contributed by atoms with Gasteiger partial charge in [0.05, 0.1) is 4.91 Å². The highest BCUT2D eigenvalue weighted by Crippen LogP contribution is 2.27. The zero-order chi connectivity index (χ0) is 18.1. The minimum Gasteiger partial charge on any atom is -0.207 e. The number of nitrogens with zero attached hydrogens (tertiary/aromatic N) is 1. The van der Waals surface area contributed by atoms with E-state index in [1.807, 2.05) is 31.2 Å². The second kappa shape index (κ2) is 9.79. The molecule has 0 aliphatic carbocycles. The molecule has 1 fully saturated rings. The number of aryl methyl sites for hydroxylation is 1. The van der Waals surface area contributed by atoms with Crippen LogP contribution < -0.4 is 0 Å². The van der Waals surface area contributed by atoms with Gasteiger partial charge in [-0.05, 0) is 31.7 Å². The van der Waals surface area contributed by atoms with Gasteiger partial charge in [0.1, 0.15) is 0 Å². The maximum atomic E-state index is 13.1. The Bertz CT molecular complexity index is 730. The van der Waals surface area contributed by atoms with Crippen molar-refractivity contribution >= 4 is 14.9 Å². The Morgan fingerprint density at radius 2 is 1.80 bits per heavy atom. The van der Waals surface area contributed by atoms with Crippen LogP contribution in [0.25, 0.3) is 4.91 Å². The largest absolute Gasteiger partial charge is 0.244 e. The SMILES string of the molecule is CCCCCC#C/C=C(\c1ccc(C)cc1)S(=O)(=O)N1CCCCC1. The van der Waals surface area contributed by atoms with Crippen molar-refractivity contribution in [2.24, 2.45) is 0 Å². The molecule has 25 heavy (non-hydrogen) atoms. The van der Waals surface area contributed by atoms with Crippen LogP contribution >= 0.6 is 0 Å². The Labute approximate surface area is 153 Å². The van der Waals surface area contributed by atoms with Crippen molar-refractivity contribution in [2.45, 2.75) is 58.8 Å². The van der Waals surface area contributed by atoms with Gasteiger partial charge >= 0.3 is 0 Å². The fourth-order valence-corrected chi connectivity index (χ4v) is 4.58. The monoisotopic (exact) mass is 359 g/mol. The minimum absolute atomic E-state index is 0.331. The zero-order valence-electron chi connectivity index (χ0n) is 15.4. The molecule has 0 bridgehead atoms. The topological polar surface area (TPSA) is 37.4 Å². The molecule has 1 aromatic carbocycles. The van der Waals surface area contributed by atoms with E-state index in [4.69, 9.17) is 0 Å². The van der Waals surface area contributed by atoms with E-state index in [0.717, 1.165) is 56.1 Å². The summed E-state index contributed by atoms with van der Waals surface area (Å²) >= 11 is 0. The molecule has 0 atom stereocenters. The predicted octanol–water partition coefficient (Wildman–Crippen LogP) is 4.74. The van der Waals surface area contributed by atoms with Gasteiger partial charge in [-0.15, -0.1) is 0 Å². The molecule has 1 aliphatic heterocycles. The molecule has 0 aromatic heterocycles. The van der Waals surface area contributed by atoms with Gasteiger partial charge in [0.15, 0.2) is 0 Å². The highest BCUT2D eigenvalue weighted by molar-refractivity contribution is 7.98. The summed E-state index contributed by atoms with van der Waals surface area (Å²) in [6.45, 7) is 5.37. The van der Waals surface area contributed by atoms with E-state index >= 15 is 0 Å². The van der Waals surface area contributed by atoms with Crippen LogP contribution in [-0.2, 0) is 10.0 Å². The summed E-state index contributed by atoms with van der Waals surface area (Å²) in [7, 11) is -3.50. The van der Waals surface area contributed by atoms with Gasteiger partial charge in [-0.2, -0.15) is 4.31 Å². The van der Waals surface area contributed by atoms with E-state index in [1.54, 1.807) is 10.4 Å². The Morgan fingerprint density at radius 1 is 1.12 bits per heavy atom. The Hall–Kier alpha value is -1.57. The normalized spacial score (nSPS) is 16.3. The van der Waals surface area contributed by atoms with Crippen molar-refractivity contribution in [3.63, 3.8) is 0 Å². The molecule has 1 aromatic rings. The molecule has 136 valence electrons. The quantitative estimate of drug-likeness (QED) is 0.544. The van der Waals surface area contributed by atoms with Crippen LogP contribution in [0.15, 0.2) is 30.3 Å². The first-order chi connectivity index (χ1) is 12.1. The molecule has 0 amide bonds. The Kier molecular flexibility index (Phi) is 7.74. The van der Waals surface area contributed by atoms with Crippen molar-refractivity contribution in [3.05, 3.63) is 41.5 Å². The fraction of sp³-hybridized carbons (Fsp3) is 0.524. The van der Waals surface area contributed by atoms with Crippen LogP contribution in [-0.4, -0.2) is 25.8 Å². The third-order valence-corrected chi connectivity index (χ3v) is 6.43. The molecular weight excluding hydrogens is 330 g/mol. The number of rotatable bonds is 6. The van der Waals surface area contributed by atoms with Gasteiger partial charge in [0.2, 0.25) is 10.0 Å². The number of hydrogen-bond acceptors (Lipinski definition) is 2. The van der Waals surface area contributed by atoms with Crippen LogP contribution in [0.5, 0.6) is 0 Å². The lowest BCUT2D eigenvalue weighted by Gasteiger charge is -2.27. The first-order valence-electron chi connectivity index (χ1n) is 9.31. The van der Waals surface area contributed by atoms with E-state index in [9.17, 15) is 8.42 Å². The molecular formula is C21H29NO2S. The molecule has 0 radical (unpaired) electrons. The van der Waals surface area contributed by atoms with Crippen molar-refractivity contribution in [1.82, 2.24) is 4.31 Å². The van der Waals surface area contributed by atoms with Crippen molar-refractivity contribution < 1.29 is 8.42 Å². The summed E-state index contributed by atoms with van der Waals surface area (Å²) in [5, 5.41) is 0. The Morgan fingerprint density at radius 3 is 2.44 bits per heavy atom. The van der Waals surface area contributed by atoms with Crippen molar-refractivity contribution in [2.75, 3.05) is 13.1 Å². The third-order valence-electron chi connectivity index (χ3n) is 4.48. The van der Waals surface area contributed by atoms with Crippen LogP contribution in [0, 0.1) is 18.8 Å². The second-order valence-corrected chi connectivity index (χ2v) is 8.52. The number of benzene rings is 1. The average molecular weight is 360 g/mol. The molecule has 4 heteroatoms. The first-order valence-corrected chi connectivity index (χ1v) is 10.8. The summed E-state index contributed by atoms with van der Waals surface area (Å²) in [5.41, 5.74) is 1.84. The summed E-state index contributed by atoms with van der Waals surface area (Å²) in [6, 6.07) is 7.65. The molecule has 1 saturated heterocycles. The van der Waals surface area contributed by atoms with Crippen LogP contribution in [0.1, 0.15) is 63.0 Å². The van der Waals surface area contributed by atoms with Crippen LogP contribution in [0.3, 0.4) is 0 Å². The number of hydrogen-bond donors (Lipinski definition) is 0. The number of allylic oxidation sites excluding steroid dienone is 1. The van der Waals surface area contributed by atoms with Gasteiger partial charge in [-0.3, -0.25) is 0 Å². The maximum absolute atomic E-state index is 13.1. The minimum atomic E-state index is -3.50. The third kappa shape index (κ3) is 5.73. The highest BCUT2D eigenvalue weighted by atomic mass is 32.2. The summed E-state index contributed by atoms with van der Waals surface area (Å²) in [6.07, 6.45) is 8.77. The van der Waals surface area contributed by atoms with Crippen LogP contribution in [0.4, 0.5) is 0 Å². The first kappa shape index (κ1) is 19.8. The summed E-state index contributed by atoms with van der Waals surface area (Å²) < 4.78 is 27.9. The molecule has 3 nitrogen and oxygen atoms in total.